The van der Waals surface area contributed by atoms with Gasteiger partial charge in [0, 0.05) is 23.2 Å². The number of nitrogens with one attached hydrogen (secondary N) is 1. The van der Waals surface area contributed by atoms with E-state index in [1.54, 1.807) is 0 Å². The summed E-state index contributed by atoms with van der Waals surface area (Å²) in [6.45, 7) is 0. The highest BCUT2D eigenvalue weighted by molar-refractivity contribution is 6.30. The van der Waals surface area contributed by atoms with E-state index in [2.05, 4.69) is 34.0 Å². The molecule has 1 aliphatic rings. The maximum atomic E-state index is 12.9. The lowest BCUT2D eigenvalue weighted by atomic mass is 9.87. The first kappa shape index (κ1) is 19.8. The molecular formula is C26H24ClN3O. The van der Waals surface area contributed by atoms with Crippen LogP contribution in [-0.4, -0.2) is 15.3 Å². The largest absolute Gasteiger partial charge is 0.349 e. The van der Waals surface area contributed by atoms with E-state index in [0.29, 0.717) is 17.9 Å². The van der Waals surface area contributed by atoms with Crippen LogP contribution in [0.4, 0.5) is 0 Å². The minimum atomic E-state index is 0.0784. The van der Waals surface area contributed by atoms with Crippen molar-refractivity contribution < 1.29 is 4.79 Å². The summed E-state index contributed by atoms with van der Waals surface area (Å²) in [7, 11) is 0. The van der Waals surface area contributed by atoms with Crippen LogP contribution in [0, 0.1) is 0 Å². The Balaban J connectivity index is 1.37. The van der Waals surface area contributed by atoms with Crippen molar-refractivity contribution in [2.75, 3.05) is 0 Å². The lowest BCUT2D eigenvalue weighted by Gasteiger charge is -2.26. The van der Waals surface area contributed by atoms with Crippen LogP contribution in [0.5, 0.6) is 0 Å². The van der Waals surface area contributed by atoms with Gasteiger partial charge in [-0.1, -0.05) is 54.1 Å². The van der Waals surface area contributed by atoms with Gasteiger partial charge in [-0.15, -0.1) is 0 Å². The number of carbonyl (C=O) groups is 1. The molecule has 2 aromatic carbocycles. The molecule has 1 amide bonds. The number of halogens is 1. The predicted molar refractivity (Wildman–Crippen MR) is 124 cm³/mol. The highest BCUT2D eigenvalue weighted by Crippen LogP contribution is 2.30. The summed E-state index contributed by atoms with van der Waals surface area (Å²) in [4.78, 5) is 17.7. The molecule has 5 heteroatoms. The molecule has 1 atom stereocenters. The Labute approximate surface area is 186 Å². The van der Waals surface area contributed by atoms with Gasteiger partial charge in [-0.3, -0.25) is 4.79 Å². The van der Waals surface area contributed by atoms with Gasteiger partial charge in [-0.2, -0.15) is 0 Å². The molecule has 4 aromatic rings. The SMILES string of the molecule is O=C(CCc1c(-c2ccc(Cl)cc2)nc2ccccn12)NC1CCCc2ccccc21. The van der Waals surface area contributed by atoms with Crippen molar-refractivity contribution in [1.29, 1.82) is 0 Å². The molecule has 0 saturated carbocycles. The molecule has 5 rings (SSSR count). The highest BCUT2D eigenvalue weighted by Gasteiger charge is 2.22. The molecule has 2 heterocycles. The highest BCUT2D eigenvalue weighted by atomic mass is 35.5. The molecule has 0 bridgehead atoms. The minimum Gasteiger partial charge on any atom is -0.349 e. The molecule has 1 aliphatic carbocycles. The number of pyridine rings is 1. The van der Waals surface area contributed by atoms with Crippen LogP contribution in [0.25, 0.3) is 16.9 Å². The van der Waals surface area contributed by atoms with Crippen LogP contribution in [0.3, 0.4) is 0 Å². The van der Waals surface area contributed by atoms with Crippen LogP contribution in [-0.2, 0) is 17.6 Å². The number of rotatable bonds is 5. The zero-order valence-electron chi connectivity index (χ0n) is 17.2. The standard InChI is InChI=1S/C26H24ClN3O/c27-20-13-11-19(12-14-20)26-23(30-17-4-3-10-24(30)29-26)15-16-25(31)28-22-9-5-7-18-6-1-2-8-21(18)22/h1-4,6,8,10-14,17,22H,5,7,9,15-16H2,(H,28,31). The van der Waals surface area contributed by atoms with E-state index in [0.717, 1.165) is 41.9 Å². The normalized spacial score (nSPS) is 15.6. The van der Waals surface area contributed by atoms with Crippen LogP contribution in [0.2, 0.25) is 5.02 Å². The summed E-state index contributed by atoms with van der Waals surface area (Å²) in [5.41, 5.74) is 6.44. The Morgan fingerprint density at radius 1 is 1.06 bits per heavy atom. The maximum absolute atomic E-state index is 12.9. The van der Waals surface area contributed by atoms with Gasteiger partial charge in [0.05, 0.1) is 17.4 Å². The zero-order chi connectivity index (χ0) is 21.2. The van der Waals surface area contributed by atoms with Gasteiger partial charge in [0.25, 0.3) is 0 Å². The van der Waals surface area contributed by atoms with Crippen LogP contribution >= 0.6 is 11.6 Å². The number of imidazole rings is 1. The molecule has 1 N–H and O–H groups in total. The van der Waals surface area contributed by atoms with Gasteiger partial charge in [0.15, 0.2) is 0 Å². The summed E-state index contributed by atoms with van der Waals surface area (Å²) in [5.74, 6) is 0.0784. The third-order valence-corrected chi connectivity index (χ3v) is 6.29. The molecule has 0 fully saturated rings. The van der Waals surface area contributed by atoms with E-state index in [4.69, 9.17) is 16.6 Å². The third kappa shape index (κ3) is 4.08. The molecule has 31 heavy (non-hydrogen) atoms. The van der Waals surface area contributed by atoms with Crippen molar-refractivity contribution >= 4 is 23.2 Å². The number of hydrogen-bond acceptors (Lipinski definition) is 2. The van der Waals surface area contributed by atoms with Crippen LogP contribution in [0.1, 0.15) is 42.1 Å². The summed E-state index contributed by atoms with van der Waals surface area (Å²) >= 11 is 6.07. The number of aromatic nitrogens is 2. The average molecular weight is 430 g/mol. The topological polar surface area (TPSA) is 46.4 Å². The van der Waals surface area contributed by atoms with Crippen LogP contribution < -0.4 is 5.32 Å². The molecule has 156 valence electrons. The van der Waals surface area contributed by atoms with Gasteiger partial charge < -0.3 is 9.72 Å². The fraction of sp³-hybridized carbons (Fsp3) is 0.231. The van der Waals surface area contributed by atoms with Gasteiger partial charge in [-0.05, 0) is 61.1 Å². The van der Waals surface area contributed by atoms with Gasteiger partial charge in [0.1, 0.15) is 5.65 Å². The van der Waals surface area contributed by atoms with Crippen molar-refractivity contribution in [2.24, 2.45) is 0 Å². The van der Waals surface area contributed by atoms with Gasteiger partial charge in [0.2, 0.25) is 5.91 Å². The molecule has 2 aromatic heterocycles. The minimum absolute atomic E-state index is 0.0784. The number of aryl methyl sites for hydroxylation is 2. The van der Waals surface area contributed by atoms with E-state index in [9.17, 15) is 4.79 Å². The monoisotopic (exact) mass is 429 g/mol. The molecule has 0 radical (unpaired) electrons. The molecule has 0 saturated heterocycles. The number of hydrogen-bond donors (Lipinski definition) is 1. The first-order chi connectivity index (χ1) is 15.2. The second-order valence-corrected chi connectivity index (χ2v) is 8.49. The van der Waals surface area contributed by atoms with Gasteiger partial charge >= 0.3 is 0 Å². The average Bonchev–Trinajstić information content (AvgIpc) is 3.17. The van der Waals surface area contributed by atoms with Crippen LogP contribution in [0.15, 0.2) is 72.9 Å². The fourth-order valence-corrected chi connectivity index (χ4v) is 4.65. The summed E-state index contributed by atoms with van der Waals surface area (Å²) < 4.78 is 2.08. The molecule has 4 nitrogen and oxygen atoms in total. The molecule has 0 aliphatic heterocycles. The smallest absolute Gasteiger partial charge is 0.220 e. The number of fused-ring (bicyclic) bond motifs is 2. The molecule has 1 unspecified atom stereocenters. The maximum Gasteiger partial charge on any atom is 0.220 e. The van der Waals surface area contributed by atoms with E-state index >= 15 is 0 Å². The summed E-state index contributed by atoms with van der Waals surface area (Å²) in [6.07, 6.45) is 6.23. The predicted octanol–water partition coefficient (Wildman–Crippen LogP) is 5.78. The van der Waals surface area contributed by atoms with Crippen molar-refractivity contribution in [1.82, 2.24) is 14.7 Å². The van der Waals surface area contributed by atoms with E-state index in [1.165, 1.54) is 11.1 Å². The Bertz CT molecular complexity index is 1230. The van der Waals surface area contributed by atoms with Crippen molar-refractivity contribution in [2.45, 2.75) is 38.1 Å². The Hall–Kier alpha value is -3.11. The third-order valence-electron chi connectivity index (χ3n) is 6.04. The first-order valence-electron chi connectivity index (χ1n) is 10.8. The summed E-state index contributed by atoms with van der Waals surface area (Å²) in [6, 6.07) is 22.2. The Kier molecular flexibility index (Phi) is 5.47. The number of nitrogens with zero attached hydrogens (tertiary/aromatic N) is 2. The second kappa shape index (κ2) is 8.56. The van der Waals surface area contributed by atoms with Crippen molar-refractivity contribution in [3.63, 3.8) is 0 Å². The molecular weight excluding hydrogens is 406 g/mol. The summed E-state index contributed by atoms with van der Waals surface area (Å²) in [5, 5.41) is 3.96. The lowest BCUT2D eigenvalue weighted by molar-refractivity contribution is -0.121. The fourth-order valence-electron chi connectivity index (χ4n) is 4.53. The first-order valence-corrected chi connectivity index (χ1v) is 11.2. The van der Waals surface area contributed by atoms with Gasteiger partial charge in [-0.25, -0.2) is 4.98 Å². The van der Waals surface area contributed by atoms with E-state index < -0.39 is 0 Å². The molecule has 0 spiro atoms. The Morgan fingerprint density at radius 3 is 2.74 bits per heavy atom. The number of amides is 1. The number of carbonyl (C=O) groups excluding carboxylic acids is 1. The Morgan fingerprint density at radius 2 is 1.87 bits per heavy atom. The van der Waals surface area contributed by atoms with Crippen molar-refractivity contribution in [3.05, 3.63) is 94.8 Å². The lowest BCUT2D eigenvalue weighted by Crippen LogP contribution is -2.31. The zero-order valence-corrected chi connectivity index (χ0v) is 18.0. The second-order valence-electron chi connectivity index (χ2n) is 8.05. The van der Waals surface area contributed by atoms with Crippen molar-refractivity contribution in [3.8, 4) is 11.3 Å². The van der Waals surface area contributed by atoms with E-state index in [1.807, 2.05) is 48.7 Å². The quantitative estimate of drug-likeness (QED) is 0.437. The number of benzene rings is 2. The van der Waals surface area contributed by atoms with E-state index in [-0.39, 0.29) is 11.9 Å².